The minimum Gasteiger partial charge on any atom is -0.493 e. The highest BCUT2D eigenvalue weighted by atomic mass is 19.1. The summed E-state index contributed by atoms with van der Waals surface area (Å²) in [6, 6.07) is 12.4. The fourth-order valence-electron chi connectivity index (χ4n) is 4.78. The zero-order valence-electron chi connectivity index (χ0n) is 21.6. The number of carbonyl (C=O) groups excluding carboxylic acids is 2. The van der Waals surface area contributed by atoms with Crippen molar-refractivity contribution in [2.75, 3.05) is 39.5 Å². The average molecular weight is 526 g/mol. The number of likely N-dealkylation sites (tertiary alicyclic amines) is 1. The first-order chi connectivity index (χ1) is 18.6. The summed E-state index contributed by atoms with van der Waals surface area (Å²) in [5.74, 6) is 1.69. The molecule has 204 valence electrons. The molecule has 0 spiro atoms. The molecule has 2 aromatic carbocycles. The molecule has 0 unspecified atom stereocenters. The number of amides is 2. The topological polar surface area (TPSA) is 89.1 Å². The number of carbonyl (C=O) groups is 2. The zero-order chi connectivity index (χ0) is 26.3. The van der Waals surface area contributed by atoms with Gasteiger partial charge in [0.15, 0.2) is 6.61 Å². The van der Waals surface area contributed by atoms with Crippen LogP contribution in [0.5, 0.6) is 17.2 Å². The third-order valence-electron chi connectivity index (χ3n) is 7.16. The Hall–Kier alpha value is -3.33. The van der Waals surface area contributed by atoms with Gasteiger partial charge in [0, 0.05) is 31.3 Å². The molecule has 1 aliphatic carbocycles. The van der Waals surface area contributed by atoms with Crippen molar-refractivity contribution in [3.63, 3.8) is 0 Å². The van der Waals surface area contributed by atoms with Crippen molar-refractivity contribution in [1.82, 2.24) is 15.5 Å². The summed E-state index contributed by atoms with van der Waals surface area (Å²) < 4.78 is 30.6. The third-order valence-corrected chi connectivity index (χ3v) is 7.16. The molecule has 1 saturated carbocycles. The van der Waals surface area contributed by atoms with Gasteiger partial charge in [-0.2, -0.15) is 0 Å². The number of ether oxygens (including phenoxy) is 3. The lowest BCUT2D eigenvalue weighted by molar-refractivity contribution is -0.123. The van der Waals surface area contributed by atoms with Gasteiger partial charge in [0.1, 0.15) is 23.4 Å². The highest BCUT2D eigenvalue weighted by molar-refractivity contribution is 5.95. The molecule has 2 fully saturated rings. The lowest BCUT2D eigenvalue weighted by Crippen LogP contribution is -2.45. The number of unbranched alkanes of at least 4 members (excludes halogenated alkanes) is 2. The Labute approximate surface area is 222 Å². The predicted octanol–water partition coefficient (Wildman–Crippen LogP) is 3.49. The van der Waals surface area contributed by atoms with Crippen LogP contribution < -0.4 is 24.8 Å². The number of hydrogen-bond donors (Lipinski definition) is 2. The molecule has 4 bridgehead atoms. The molecule has 2 amide bonds. The molecular formula is C29H36FN3O5. The smallest absolute Gasteiger partial charge is 0.258 e. The van der Waals surface area contributed by atoms with Crippen LogP contribution in [-0.4, -0.2) is 68.4 Å². The number of nitrogens with one attached hydrogen (secondary N) is 2. The van der Waals surface area contributed by atoms with Crippen molar-refractivity contribution in [3.05, 3.63) is 53.6 Å². The molecule has 8 nitrogen and oxygen atoms in total. The molecule has 0 radical (unpaired) electrons. The van der Waals surface area contributed by atoms with Crippen LogP contribution in [0.15, 0.2) is 42.5 Å². The van der Waals surface area contributed by atoms with Gasteiger partial charge in [0.2, 0.25) is 0 Å². The number of fused-ring (bicyclic) bond motifs is 7. The second kappa shape index (κ2) is 12.5. The predicted molar refractivity (Wildman–Crippen MR) is 140 cm³/mol. The Balaban J connectivity index is 1.37. The van der Waals surface area contributed by atoms with Crippen LogP contribution in [0.3, 0.4) is 0 Å². The van der Waals surface area contributed by atoms with Gasteiger partial charge in [-0.1, -0.05) is 12.1 Å². The molecule has 9 heteroatoms. The molecule has 2 N–H and O–H groups in total. The van der Waals surface area contributed by atoms with E-state index in [0.29, 0.717) is 61.4 Å². The minimum absolute atomic E-state index is 0.170. The lowest BCUT2D eigenvalue weighted by Gasteiger charge is -2.22. The van der Waals surface area contributed by atoms with Crippen LogP contribution in [0.25, 0.3) is 0 Å². The van der Waals surface area contributed by atoms with Gasteiger partial charge in [0.05, 0.1) is 19.3 Å². The Morgan fingerprint density at radius 2 is 1.84 bits per heavy atom. The van der Waals surface area contributed by atoms with E-state index in [1.54, 1.807) is 18.2 Å². The van der Waals surface area contributed by atoms with Crippen LogP contribution in [-0.2, 0) is 11.3 Å². The average Bonchev–Trinajstić information content (AvgIpc) is 3.69. The van der Waals surface area contributed by atoms with Crippen LogP contribution in [0, 0.1) is 5.92 Å². The maximum Gasteiger partial charge on any atom is 0.258 e. The van der Waals surface area contributed by atoms with Gasteiger partial charge in [0.25, 0.3) is 11.8 Å². The summed E-state index contributed by atoms with van der Waals surface area (Å²) in [4.78, 5) is 28.1. The molecule has 3 aliphatic heterocycles. The number of rotatable bonds is 8. The first-order valence-electron chi connectivity index (χ1n) is 13.6. The number of hydrogen-bond acceptors (Lipinski definition) is 6. The number of alkyl halides is 1. The molecule has 6 rings (SSSR count). The van der Waals surface area contributed by atoms with E-state index in [1.165, 1.54) is 0 Å². The first kappa shape index (κ1) is 26.3. The van der Waals surface area contributed by atoms with Gasteiger partial charge in [-0.25, -0.2) is 0 Å². The van der Waals surface area contributed by atoms with Crippen molar-refractivity contribution < 1.29 is 28.2 Å². The molecular weight excluding hydrogens is 489 g/mol. The summed E-state index contributed by atoms with van der Waals surface area (Å²) in [5.41, 5.74) is 1.35. The van der Waals surface area contributed by atoms with Gasteiger partial charge >= 0.3 is 0 Å². The second-order valence-corrected chi connectivity index (χ2v) is 10.4. The van der Waals surface area contributed by atoms with E-state index in [1.807, 2.05) is 24.3 Å². The minimum atomic E-state index is -0.292. The van der Waals surface area contributed by atoms with E-state index in [0.717, 1.165) is 37.8 Å². The van der Waals surface area contributed by atoms with Gasteiger partial charge in [-0.05, 0) is 74.4 Å². The zero-order valence-corrected chi connectivity index (χ0v) is 21.6. The van der Waals surface area contributed by atoms with Crippen LogP contribution in [0.2, 0.25) is 0 Å². The van der Waals surface area contributed by atoms with Gasteiger partial charge in [-0.15, -0.1) is 0 Å². The van der Waals surface area contributed by atoms with E-state index in [-0.39, 0.29) is 37.2 Å². The Bertz CT molecular complexity index is 1110. The van der Waals surface area contributed by atoms with Crippen molar-refractivity contribution in [2.45, 2.75) is 50.8 Å². The van der Waals surface area contributed by atoms with Crippen LogP contribution >= 0.6 is 0 Å². The molecule has 0 aromatic heterocycles. The Morgan fingerprint density at radius 1 is 1.00 bits per heavy atom. The molecule has 1 saturated heterocycles. The molecule has 38 heavy (non-hydrogen) atoms. The summed E-state index contributed by atoms with van der Waals surface area (Å²) in [5, 5.41) is 6.02. The summed E-state index contributed by atoms with van der Waals surface area (Å²) in [6.45, 7) is 2.64. The van der Waals surface area contributed by atoms with Crippen molar-refractivity contribution in [2.24, 2.45) is 5.92 Å². The highest BCUT2D eigenvalue weighted by Gasteiger charge is 2.35. The van der Waals surface area contributed by atoms with E-state index in [2.05, 4.69) is 15.5 Å². The first-order valence-corrected chi connectivity index (χ1v) is 13.6. The largest absolute Gasteiger partial charge is 0.493 e. The van der Waals surface area contributed by atoms with E-state index in [9.17, 15) is 14.0 Å². The molecule has 2 aromatic rings. The molecule has 3 heterocycles. The van der Waals surface area contributed by atoms with E-state index < -0.39 is 0 Å². The number of halogens is 1. The number of nitrogens with zero attached hydrogens (tertiary/aromatic N) is 1. The van der Waals surface area contributed by atoms with Crippen molar-refractivity contribution in [1.29, 1.82) is 0 Å². The third kappa shape index (κ3) is 7.37. The van der Waals surface area contributed by atoms with Crippen LogP contribution in [0.1, 0.15) is 48.0 Å². The van der Waals surface area contributed by atoms with Crippen LogP contribution in [0.4, 0.5) is 4.39 Å². The standard InChI is InChI=1S/C29H36FN3O5/c30-10-2-1-3-11-33-16-26-27(17-33)38-23-8-6-20(7-9-23)15-31-28(34)19-37-25-13-22(29(35)32-26)12-24(14-25)36-18-21-4-5-21/h6-9,12-14,21,26-27H,1-5,10-11,15-19H2,(H,31,34)(H,32,35)/t26-,27-/m0/s1. The summed E-state index contributed by atoms with van der Waals surface area (Å²) in [6.07, 6.45) is 4.37. The normalized spacial score (nSPS) is 22.0. The summed E-state index contributed by atoms with van der Waals surface area (Å²) >= 11 is 0. The van der Waals surface area contributed by atoms with Gasteiger partial charge in [-0.3, -0.25) is 18.9 Å². The quantitative estimate of drug-likeness (QED) is 0.513. The SMILES string of the molecule is O=C1COc2cc(OCC3CC3)cc(c2)C(=O)N[C@H]2CN(CCCCCF)C[C@@H]2Oc2ccc(cc2)CN1. The maximum absolute atomic E-state index is 13.4. The monoisotopic (exact) mass is 525 g/mol. The Kier molecular flexibility index (Phi) is 8.63. The molecule has 2 atom stereocenters. The Morgan fingerprint density at radius 3 is 2.63 bits per heavy atom. The second-order valence-electron chi connectivity index (χ2n) is 10.4. The maximum atomic E-state index is 13.4. The van der Waals surface area contributed by atoms with Crippen molar-refractivity contribution in [3.8, 4) is 17.2 Å². The lowest BCUT2D eigenvalue weighted by atomic mass is 10.1. The highest BCUT2D eigenvalue weighted by Crippen LogP contribution is 2.31. The van der Waals surface area contributed by atoms with Gasteiger partial charge < -0.3 is 24.8 Å². The summed E-state index contributed by atoms with van der Waals surface area (Å²) in [7, 11) is 0. The molecule has 4 aliphatic rings. The van der Waals surface area contributed by atoms with Crippen molar-refractivity contribution >= 4 is 11.8 Å². The van der Waals surface area contributed by atoms with E-state index >= 15 is 0 Å². The fraction of sp³-hybridized carbons (Fsp3) is 0.517. The number of benzene rings is 2. The van der Waals surface area contributed by atoms with E-state index in [4.69, 9.17) is 14.2 Å². The fourth-order valence-corrected chi connectivity index (χ4v) is 4.78.